The molecule has 104 valence electrons. The van der Waals surface area contributed by atoms with Gasteiger partial charge in [0.1, 0.15) is 5.82 Å². The van der Waals surface area contributed by atoms with Gasteiger partial charge in [-0.05, 0) is 49.9 Å². The van der Waals surface area contributed by atoms with Gasteiger partial charge in [0.2, 0.25) is 0 Å². The van der Waals surface area contributed by atoms with Gasteiger partial charge in [-0.3, -0.25) is 9.69 Å². The average molecular weight is 263 g/mol. The van der Waals surface area contributed by atoms with Crippen molar-refractivity contribution in [1.82, 2.24) is 4.90 Å². The van der Waals surface area contributed by atoms with Crippen molar-refractivity contribution in [3.63, 3.8) is 0 Å². The highest BCUT2D eigenvalue weighted by atomic mass is 19.1. The third-order valence-electron chi connectivity index (χ3n) is 3.60. The first kappa shape index (κ1) is 14.2. The van der Waals surface area contributed by atoms with Crippen LogP contribution < -0.4 is 0 Å². The van der Waals surface area contributed by atoms with Gasteiger partial charge in [0.15, 0.2) is 5.78 Å². The number of carbonyl (C=O) groups excluding carboxylic acids is 1. The quantitative estimate of drug-likeness (QED) is 0.732. The monoisotopic (exact) mass is 263 g/mol. The van der Waals surface area contributed by atoms with Crippen LogP contribution in [-0.4, -0.2) is 29.3 Å². The first-order valence-electron chi connectivity index (χ1n) is 7.04. The van der Waals surface area contributed by atoms with E-state index in [9.17, 15) is 9.18 Å². The second-order valence-corrected chi connectivity index (χ2v) is 5.87. The normalized spacial score (nSPS) is 16.9. The summed E-state index contributed by atoms with van der Waals surface area (Å²) in [4.78, 5) is 14.7. The minimum absolute atomic E-state index is 0.0903. The van der Waals surface area contributed by atoms with E-state index < -0.39 is 0 Å². The molecule has 2 rings (SSSR count). The van der Waals surface area contributed by atoms with Gasteiger partial charge in [0.25, 0.3) is 0 Å². The van der Waals surface area contributed by atoms with E-state index in [-0.39, 0.29) is 17.6 Å². The summed E-state index contributed by atoms with van der Waals surface area (Å²) in [5.74, 6) is 0.335. The van der Waals surface area contributed by atoms with E-state index in [4.69, 9.17) is 0 Å². The lowest BCUT2D eigenvalue weighted by Gasteiger charge is -2.29. The molecule has 0 aliphatic heterocycles. The molecule has 19 heavy (non-hydrogen) atoms. The summed E-state index contributed by atoms with van der Waals surface area (Å²) >= 11 is 0. The lowest BCUT2D eigenvalue weighted by molar-refractivity contribution is 0.0807. The van der Waals surface area contributed by atoms with Crippen LogP contribution in [0.5, 0.6) is 0 Å². The van der Waals surface area contributed by atoms with E-state index in [0.29, 0.717) is 17.5 Å². The minimum Gasteiger partial charge on any atom is -0.292 e. The van der Waals surface area contributed by atoms with Crippen LogP contribution >= 0.6 is 0 Å². The van der Waals surface area contributed by atoms with Gasteiger partial charge in [0.05, 0.1) is 6.04 Å². The molecule has 0 aromatic heterocycles. The standard InChI is InChI=1S/C16H22FNO/c1-11(2)10-18(15-8-9-15)12(3)16(19)13-4-6-14(17)7-5-13/h4-7,11-12,15H,8-10H2,1-3H3. The van der Waals surface area contributed by atoms with Crippen LogP contribution in [0.25, 0.3) is 0 Å². The third-order valence-corrected chi connectivity index (χ3v) is 3.60. The van der Waals surface area contributed by atoms with E-state index in [1.165, 1.54) is 25.0 Å². The van der Waals surface area contributed by atoms with Crippen molar-refractivity contribution >= 4 is 5.78 Å². The molecular formula is C16H22FNO. The Kier molecular flexibility index (Phi) is 4.35. The fraction of sp³-hybridized carbons (Fsp3) is 0.562. The third kappa shape index (κ3) is 3.63. The van der Waals surface area contributed by atoms with Crippen molar-refractivity contribution in [1.29, 1.82) is 0 Å². The van der Waals surface area contributed by atoms with Gasteiger partial charge in [-0.25, -0.2) is 4.39 Å². The van der Waals surface area contributed by atoms with Crippen LogP contribution in [0.2, 0.25) is 0 Å². The number of rotatable bonds is 6. The Balaban J connectivity index is 2.09. The maximum atomic E-state index is 12.9. The van der Waals surface area contributed by atoms with E-state index >= 15 is 0 Å². The molecule has 1 aromatic rings. The van der Waals surface area contributed by atoms with Crippen molar-refractivity contribution in [2.75, 3.05) is 6.54 Å². The lowest BCUT2D eigenvalue weighted by Crippen LogP contribution is -2.42. The number of carbonyl (C=O) groups is 1. The van der Waals surface area contributed by atoms with Gasteiger partial charge in [-0.15, -0.1) is 0 Å². The molecule has 1 aliphatic rings. The molecule has 1 fully saturated rings. The van der Waals surface area contributed by atoms with E-state index in [1.807, 2.05) is 6.92 Å². The highest BCUT2D eigenvalue weighted by Crippen LogP contribution is 2.30. The molecule has 1 saturated carbocycles. The van der Waals surface area contributed by atoms with Crippen LogP contribution in [-0.2, 0) is 0 Å². The van der Waals surface area contributed by atoms with Crippen molar-refractivity contribution < 1.29 is 9.18 Å². The fourth-order valence-corrected chi connectivity index (χ4v) is 2.46. The highest BCUT2D eigenvalue weighted by Gasteiger charge is 2.35. The molecule has 0 amide bonds. The number of halogens is 1. The van der Waals surface area contributed by atoms with Crippen molar-refractivity contribution in [2.45, 2.75) is 45.7 Å². The number of nitrogens with zero attached hydrogens (tertiary/aromatic N) is 1. The molecule has 1 aliphatic carbocycles. The molecule has 0 saturated heterocycles. The Morgan fingerprint density at radius 1 is 1.26 bits per heavy atom. The zero-order valence-corrected chi connectivity index (χ0v) is 11.9. The molecule has 0 N–H and O–H groups in total. The van der Waals surface area contributed by atoms with E-state index in [0.717, 1.165) is 6.54 Å². The minimum atomic E-state index is -0.301. The van der Waals surface area contributed by atoms with Gasteiger partial charge >= 0.3 is 0 Å². The maximum Gasteiger partial charge on any atom is 0.179 e. The molecule has 1 atom stereocenters. The largest absolute Gasteiger partial charge is 0.292 e. The summed E-state index contributed by atoms with van der Waals surface area (Å²) in [5.41, 5.74) is 0.600. The van der Waals surface area contributed by atoms with Crippen LogP contribution in [0, 0.1) is 11.7 Å². The molecule has 0 radical (unpaired) electrons. The van der Waals surface area contributed by atoms with Gasteiger partial charge in [-0.1, -0.05) is 13.8 Å². The molecule has 0 heterocycles. The van der Waals surface area contributed by atoms with Gasteiger partial charge in [0, 0.05) is 18.2 Å². The maximum absolute atomic E-state index is 12.9. The van der Waals surface area contributed by atoms with Crippen molar-refractivity contribution in [2.24, 2.45) is 5.92 Å². The molecule has 1 aromatic carbocycles. The molecular weight excluding hydrogens is 241 g/mol. The Morgan fingerprint density at radius 2 is 1.84 bits per heavy atom. The lowest BCUT2D eigenvalue weighted by atomic mass is 10.0. The molecule has 0 spiro atoms. The molecule has 2 nitrogen and oxygen atoms in total. The Bertz CT molecular complexity index is 437. The zero-order valence-electron chi connectivity index (χ0n) is 11.9. The van der Waals surface area contributed by atoms with Gasteiger partial charge in [-0.2, -0.15) is 0 Å². The second-order valence-electron chi connectivity index (χ2n) is 5.87. The number of Topliss-reactive ketones (excluding diaryl/α,β-unsaturated/α-hetero) is 1. The molecule has 0 bridgehead atoms. The second kappa shape index (κ2) is 5.83. The Hall–Kier alpha value is -1.22. The van der Waals surface area contributed by atoms with E-state index in [2.05, 4.69) is 18.7 Å². The average Bonchev–Trinajstić information content (AvgIpc) is 3.19. The van der Waals surface area contributed by atoms with Crippen LogP contribution in [0.3, 0.4) is 0 Å². The summed E-state index contributed by atoms with van der Waals surface area (Å²) in [7, 11) is 0. The summed E-state index contributed by atoms with van der Waals surface area (Å²) in [6.45, 7) is 7.25. The predicted molar refractivity (Wildman–Crippen MR) is 74.8 cm³/mol. The summed E-state index contributed by atoms with van der Waals surface area (Å²) in [6, 6.07) is 6.29. The Morgan fingerprint density at radius 3 is 2.32 bits per heavy atom. The van der Waals surface area contributed by atoms with Crippen molar-refractivity contribution in [3.8, 4) is 0 Å². The predicted octanol–water partition coefficient (Wildman–Crippen LogP) is 3.52. The first-order chi connectivity index (χ1) is 8.99. The number of hydrogen-bond donors (Lipinski definition) is 0. The number of hydrogen-bond acceptors (Lipinski definition) is 2. The topological polar surface area (TPSA) is 20.3 Å². The smallest absolute Gasteiger partial charge is 0.179 e. The fourth-order valence-electron chi connectivity index (χ4n) is 2.46. The van der Waals surface area contributed by atoms with E-state index in [1.54, 1.807) is 12.1 Å². The Labute approximate surface area is 114 Å². The summed E-state index contributed by atoms with van der Waals surface area (Å²) in [5, 5.41) is 0. The highest BCUT2D eigenvalue weighted by molar-refractivity contribution is 5.99. The number of ketones is 1. The molecule has 1 unspecified atom stereocenters. The first-order valence-corrected chi connectivity index (χ1v) is 7.04. The SMILES string of the molecule is CC(C)CN(C1CC1)C(C)C(=O)c1ccc(F)cc1. The van der Waals surface area contributed by atoms with Gasteiger partial charge < -0.3 is 0 Å². The molecule has 3 heteroatoms. The zero-order chi connectivity index (χ0) is 14.0. The van der Waals surface area contributed by atoms with Crippen LogP contribution in [0.1, 0.15) is 44.0 Å². The summed E-state index contributed by atoms with van der Waals surface area (Å²) in [6.07, 6.45) is 2.38. The number of benzene rings is 1. The van der Waals surface area contributed by atoms with Crippen LogP contribution in [0.15, 0.2) is 24.3 Å². The van der Waals surface area contributed by atoms with Crippen LogP contribution in [0.4, 0.5) is 4.39 Å². The summed E-state index contributed by atoms with van der Waals surface area (Å²) < 4.78 is 12.9. The van der Waals surface area contributed by atoms with Crippen molar-refractivity contribution in [3.05, 3.63) is 35.6 Å².